The topological polar surface area (TPSA) is 104 Å². The average Bonchev–Trinajstić information content (AvgIpc) is 3.04. The second-order valence-electron chi connectivity index (χ2n) is 8.70. The van der Waals surface area contributed by atoms with Crippen LogP contribution in [0, 0.1) is 6.92 Å². The Kier molecular flexibility index (Phi) is 8.67. The van der Waals surface area contributed by atoms with E-state index in [1.165, 1.54) is 12.1 Å². The molecule has 8 nitrogen and oxygen atoms in total. The molecule has 35 heavy (non-hydrogen) atoms. The molecule has 188 valence electrons. The largest absolute Gasteiger partial charge is 0.354 e. The van der Waals surface area contributed by atoms with Gasteiger partial charge in [-0.3, -0.25) is 14.4 Å². The molecule has 1 N–H and O–H groups in total. The van der Waals surface area contributed by atoms with E-state index in [-0.39, 0.29) is 48.2 Å². The molecule has 0 radical (unpaired) electrons. The number of amides is 3. The molecule has 1 aliphatic heterocycles. The lowest BCUT2D eigenvalue weighted by molar-refractivity contribution is -0.141. The van der Waals surface area contributed by atoms with E-state index in [1.54, 1.807) is 17.0 Å². The number of rotatable bonds is 11. The van der Waals surface area contributed by atoms with Gasteiger partial charge in [0.1, 0.15) is 10.9 Å². The first-order valence-corrected chi connectivity index (χ1v) is 13.4. The van der Waals surface area contributed by atoms with Crippen molar-refractivity contribution in [2.45, 2.75) is 63.9 Å². The zero-order valence-electron chi connectivity index (χ0n) is 20.5. The molecule has 2 aromatic rings. The molecule has 0 bridgehead atoms. The van der Waals surface area contributed by atoms with Gasteiger partial charge in [-0.1, -0.05) is 55.8 Å². The molecule has 1 atom stereocenters. The summed E-state index contributed by atoms with van der Waals surface area (Å²) in [5.41, 5.74) is 2.15. The van der Waals surface area contributed by atoms with E-state index < -0.39 is 22.0 Å². The van der Waals surface area contributed by atoms with Gasteiger partial charge in [0.25, 0.3) is 15.9 Å². The maximum Gasteiger partial charge on any atom is 0.269 e. The molecule has 3 amide bonds. The Morgan fingerprint density at radius 3 is 2.37 bits per heavy atom. The number of sulfonamides is 1. The molecule has 1 heterocycles. The van der Waals surface area contributed by atoms with Crippen LogP contribution in [0.5, 0.6) is 0 Å². The van der Waals surface area contributed by atoms with E-state index >= 15 is 0 Å². The highest BCUT2D eigenvalue weighted by molar-refractivity contribution is 7.90. The van der Waals surface area contributed by atoms with E-state index in [9.17, 15) is 22.8 Å². The van der Waals surface area contributed by atoms with E-state index in [4.69, 9.17) is 0 Å². The van der Waals surface area contributed by atoms with E-state index in [2.05, 4.69) is 5.32 Å². The van der Waals surface area contributed by atoms with Crippen molar-refractivity contribution < 1.29 is 22.8 Å². The molecule has 0 unspecified atom stereocenters. The quantitative estimate of drug-likeness (QED) is 0.511. The Bertz CT molecular complexity index is 1180. The highest BCUT2D eigenvalue weighted by atomic mass is 32.2. The van der Waals surface area contributed by atoms with Crippen LogP contribution in [0.2, 0.25) is 0 Å². The molecule has 0 saturated carbocycles. The van der Waals surface area contributed by atoms with Crippen LogP contribution < -0.4 is 5.32 Å². The summed E-state index contributed by atoms with van der Waals surface area (Å²) in [6.45, 7) is 6.49. The van der Waals surface area contributed by atoms with E-state index in [0.717, 1.165) is 21.9 Å². The van der Waals surface area contributed by atoms with Gasteiger partial charge in [-0.2, -0.15) is 0 Å². The summed E-state index contributed by atoms with van der Waals surface area (Å²) in [6.07, 6.45) is 1.41. The van der Waals surface area contributed by atoms with Gasteiger partial charge in [-0.25, -0.2) is 12.7 Å². The molecular formula is C26H33N3O5S. The highest BCUT2D eigenvalue weighted by Gasteiger charge is 2.40. The maximum atomic E-state index is 13.3. The normalized spacial score (nSPS) is 14.9. The van der Waals surface area contributed by atoms with Crippen molar-refractivity contribution in [3.05, 3.63) is 65.2 Å². The first-order chi connectivity index (χ1) is 16.7. The van der Waals surface area contributed by atoms with Gasteiger partial charge in [0.2, 0.25) is 11.8 Å². The van der Waals surface area contributed by atoms with Crippen molar-refractivity contribution in [1.82, 2.24) is 14.5 Å². The number of nitrogens with zero attached hydrogens (tertiary/aromatic N) is 2. The lowest BCUT2D eigenvalue weighted by atomic mass is 10.1. The Morgan fingerprint density at radius 2 is 1.74 bits per heavy atom. The Labute approximate surface area is 207 Å². The van der Waals surface area contributed by atoms with Gasteiger partial charge >= 0.3 is 0 Å². The smallest absolute Gasteiger partial charge is 0.269 e. The van der Waals surface area contributed by atoms with Gasteiger partial charge in [0.15, 0.2) is 0 Å². The molecule has 0 saturated heterocycles. The summed E-state index contributed by atoms with van der Waals surface area (Å²) in [4.78, 5) is 40.3. The number of fused-ring (bicyclic) bond motifs is 1. The van der Waals surface area contributed by atoms with Crippen molar-refractivity contribution in [3.8, 4) is 0 Å². The molecule has 0 spiro atoms. The molecule has 2 aromatic carbocycles. The predicted molar refractivity (Wildman–Crippen MR) is 133 cm³/mol. The summed E-state index contributed by atoms with van der Waals surface area (Å²) in [6, 6.07) is 13.2. The molecule has 0 fully saturated rings. The van der Waals surface area contributed by atoms with Crippen molar-refractivity contribution in [1.29, 1.82) is 0 Å². The van der Waals surface area contributed by atoms with E-state index in [0.29, 0.717) is 13.0 Å². The number of aryl methyl sites for hydroxylation is 1. The fourth-order valence-corrected chi connectivity index (χ4v) is 5.75. The summed E-state index contributed by atoms with van der Waals surface area (Å²) in [7, 11) is -3.92. The summed E-state index contributed by atoms with van der Waals surface area (Å²) >= 11 is 0. The SMILES string of the molecule is CCCNC(=O)[C@H](CC)N(Cc1ccc(C)cc1)C(=O)CCCN1C(=O)c2ccccc2S1(=O)=O. The summed E-state index contributed by atoms with van der Waals surface area (Å²) in [5, 5.41) is 2.88. The predicted octanol–water partition coefficient (Wildman–Crippen LogP) is 3.25. The summed E-state index contributed by atoms with van der Waals surface area (Å²) in [5.74, 6) is -1.04. The lowest BCUT2D eigenvalue weighted by Crippen LogP contribution is -2.49. The van der Waals surface area contributed by atoms with Gasteiger partial charge < -0.3 is 10.2 Å². The first kappa shape index (κ1) is 26.4. The Balaban J connectivity index is 1.73. The van der Waals surface area contributed by atoms with Crippen LogP contribution in [0.3, 0.4) is 0 Å². The van der Waals surface area contributed by atoms with Crippen molar-refractivity contribution >= 4 is 27.7 Å². The van der Waals surface area contributed by atoms with Crippen LogP contribution in [0.4, 0.5) is 0 Å². The third-order valence-corrected chi connectivity index (χ3v) is 7.91. The minimum absolute atomic E-state index is 0.00373. The Hall–Kier alpha value is -3.20. The maximum absolute atomic E-state index is 13.3. The zero-order chi connectivity index (χ0) is 25.6. The average molecular weight is 500 g/mol. The number of nitrogens with one attached hydrogen (secondary N) is 1. The Morgan fingerprint density at radius 1 is 1.06 bits per heavy atom. The van der Waals surface area contributed by atoms with Crippen molar-refractivity contribution in [2.24, 2.45) is 0 Å². The van der Waals surface area contributed by atoms with Gasteiger partial charge in [0, 0.05) is 26.1 Å². The molecular weight excluding hydrogens is 466 g/mol. The monoisotopic (exact) mass is 499 g/mol. The minimum Gasteiger partial charge on any atom is -0.354 e. The molecule has 3 rings (SSSR count). The van der Waals surface area contributed by atoms with Gasteiger partial charge in [0.05, 0.1) is 5.56 Å². The van der Waals surface area contributed by atoms with Crippen LogP contribution in [-0.2, 0) is 26.2 Å². The standard InChI is InChI=1S/C26H33N3O5S/c1-4-16-27-25(31)22(5-2)28(18-20-14-12-19(3)13-15-20)24(30)11-8-17-29-26(32)21-9-6-7-10-23(21)35(29,33)34/h6-7,9-10,12-15,22H,4-5,8,11,16-18H2,1-3H3,(H,27,31)/t22-/m0/s1. The number of hydrogen-bond donors (Lipinski definition) is 1. The van der Waals surface area contributed by atoms with Gasteiger partial charge in [-0.05, 0) is 43.9 Å². The lowest BCUT2D eigenvalue weighted by Gasteiger charge is -2.31. The van der Waals surface area contributed by atoms with Crippen LogP contribution in [-0.4, -0.2) is 54.5 Å². The number of hydrogen-bond acceptors (Lipinski definition) is 5. The van der Waals surface area contributed by atoms with E-state index in [1.807, 2.05) is 45.0 Å². The van der Waals surface area contributed by atoms with Crippen LogP contribution in [0.25, 0.3) is 0 Å². The second-order valence-corrected chi connectivity index (χ2v) is 10.5. The highest BCUT2D eigenvalue weighted by Crippen LogP contribution is 2.30. The van der Waals surface area contributed by atoms with Gasteiger partial charge in [-0.15, -0.1) is 0 Å². The number of benzene rings is 2. The second kappa shape index (κ2) is 11.5. The molecule has 0 aromatic heterocycles. The van der Waals surface area contributed by atoms with Crippen molar-refractivity contribution in [3.63, 3.8) is 0 Å². The minimum atomic E-state index is -3.92. The molecule has 0 aliphatic carbocycles. The molecule has 1 aliphatic rings. The first-order valence-electron chi connectivity index (χ1n) is 12.0. The fourth-order valence-electron chi connectivity index (χ4n) is 4.15. The van der Waals surface area contributed by atoms with Crippen molar-refractivity contribution in [2.75, 3.05) is 13.1 Å². The fraction of sp³-hybridized carbons (Fsp3) is 0.423. The zero-order valence-corrected chi connectivity index (χ0v) is 21.3. The van der Waals surface area contributed by atoms with Crippen LogP contribution in [0.15, 0.2) is 53.4 Å². The summed E-state index contributed by atoms with van der Waals surface area (Å²) < 4.78 is 26.4. The number of carbonyl (C=O) groups is 3. The molecule has 9 heteroatoms. The third-order valence-electron chi connectivity index (χ3n) is 6.07. The number of carbonyl (C=O) groups excluding carboxylic acids is 3. The third kappa shape index (κ3) is 5.90. The van der Waals surface area contributed by atoms with Crippen LogP contribution >= 0.6 is 0 Å². The van der Waals surface area contributed by atoms with Crippen LogP contribution in [0.1, 0.15) is 61.0 Å².